The Morgan fingerprint density at radius 2 is 2.00 bits per heavy atom. The third kappa shape index (κ3) is 3.12. The van der Waals surface area contributed by atoms with Crippen molar-refractivity contribution in [2.45, 2.75) is 33.7 Å². The molecule has 0 heterocycles. The number of hydrogen-bond acceptors (Lipinski definition) is 3. The van der Waals surface area contributed by atoms with Gasteiger partial charge in [0, 0.05) is 11.7 Å². The molecule has 0 saturated carbocycles. The first-order valence-corrected chi connectivity index (χ1v) is 5.71. The van der Waals surface area contributed by atoms with Gasteiger partial charge in [-0.25, -0.2) is 9.18 Å². The van der Waals surface area contributed by atoms with Crippen LogP contribution in [0.15, 0.2) is 12.1 Å². The minimum atomic E-state index is -1.17. The molecule has 0 aliphatic rings. The fourth-order valence-electron chi connectivity index (χ4n) is 1.33. The molecule has 0 fully saturated rings. The summed E-state index contributed by atoms with van der Waals surface area (Å²) in [5, 5.41) is 11.9. The van der Waals surface area contributed by atoms with E-state index >= 15 is 0 Å². The van der Waals surface area contributed by atoms with Gasteiger partial charge in [-0.3, -0.25) is 0 Å². The number of hydrogen-bond donors (Lipinski definition) is 3. The zero-order valence-corrected chi connectivity index (χ0v) is 11.0. The first-order chi connectivity index (χ1) is 8.12. The summed E-state index contributed by atoms with van der Waals surface area (Å²) in [6, 6.07) is 2.24. The number of aromatic carboxylic acids is 1. The van der Waals surface area contributed by atoms with E-state index in [0.29, 0.717) is 0 Å². The van der Waals surface area contributed by atoms with Crippen LogP contribution in [0, 0.1) is 11.2 Å². The maximum atomic E-state index is 13.7. The van der Waals surface area contributed by atoms with Gasteiger partial charge in [0.15, 0.2) is 0 Å². The summed E-state index contributed by atoms with van der Waals surface area (Å²) in [5.74, 6) is -1.72. The normalized spacial score (nSPS) is 13.2. The molecule has 1 atom stereocenters. The third-order valence-electron chi connectivity index (χ3n) is 3.04. The number of nitrogen functional groups attached to an aromatic ring is 1. The molecule has 0 saturated heterocycles. The van der Waals surface area contributed by atoms with Gasteiger partial charge in [-0.1, -0.05) is 20.8 Å². The third-order valence-corrected chi connectivity index (χ3v) is 3.04. The summed E-state index contributed by atoms with van der Waals surface area (Å²) in [7, 11) is 0. The van der Waals surface area contributed by atoms with E-state index in [1.807, 2.05) is 27.7 Å². The number of anilines is 2. The van der Waals surface area contributed by atoms with Crippen molar-refractivity contribution in [3.8, 4) is 0 Å². The van der Waals surface area contributed by atoms with Gasteiger partial charge in [-0.15, -0.1) is 0 Å². The van der Waals surface area contributed by atoms with Gasteiger partial charge in [0.25, 0.3) is 0 Å². The number of carboxylic acids is 1. The van der Waals surface area contributed by atoms with E-state index < -0.39 is 11.8 Å². The first-order valence-electron chi connectivity index (χ1n) is 5.71. The first kappa shape index (κ1) is 14.3. The van der Waals surface area contributed by atoms with Crippen LogP contribution in [0.25, 0.3) is 0 Å². The van der Waals surface area contributed by atoms with E-state index in [9.17, 15) is 9.18 Å². The Kier molecular flexibility index (Phi) is 3.84. The Hall–Kier alpha value is -1.78. The molecule has 4 nitrogen and oxygen atoms in total. The summed E-state index contributed by atoms with van der Waals surface area (Å²) >= 11 is 0. The van der Waals surface area contributed by atoms with Crippen molar-refractivity contribution >= 4 is 17.3 Å². The van der Waals surface area contributed by atoms with Crippen molar-refractivity contribution in [1.29, 1.82) is 0 Å². The highest BCUT2D eigenvalue weighted by molar-refractivity contribution is 5.94. The summed E-state index contributed by atoms with van der Waals surface area (Å²) in [6.07, 6.45) is 0. The monoisotopic (exact) mass is 254 g/mol. The lowest BCUT2D eigenvalue weighted by molar-refractivity contribution is 0.0698. The average molecular weight is 254 g/mol. The molecule has 0 amide bonds. The molecule has 1 aromatic carbocycles. The lowest BCUT2D eigenvalue weighted by Crippen LogP contribution is -2.31. The smallest absolute Gasteiger partial charge is 0.337 e. The second-order valence-electron chi connectivity index (χ2n) is 5.46. The predicted molar refractivity (Wildman–Crippen MR) is 70.3 cm³/mol. The Morgan fingerprint density at radius 1 is 1.44 bits per heavy atom. The van der Waals surface area contributed by atoms with Crippen molar-refractivity contribution < 1.29 is 14.3 Å². The van der Waals surface area contributed by atoms with Crippen LogP contribution in [0.4, 0.5) is 15.8 Å². The van der Waals surface area contributed by atoms with Crippen LogP contribution in [0.3, 0.4) is 0 Å². The number of nitrogens with two attached hydrogens (primary N) is 1. The Bertz CT molecular complexity index is 467. The molecule has 1 aromatic rings. The van der Waals surface area contributed by atoms with Gasteiger partial charge in [-0.05, 0) is 24.5 Å². The predicted octanol–water partition coefficient (Wildman–Crippen LogP) is 2.95. The van der Waals surface area contributed by atoms with Crippen molar-refractivity contribution in [2.24, 2.45) is 5.41 Å². The molecule has 1 rings (SSSR count). The second-order valence-corrected chi connectivity index (χ2v) is 5.46. The number of carbonyl (C=O) groups is 1. The Balaban J connectivity index is 3.10. The van der Waals surface area contributed by atoms with Gasteiger partial charge in [-0.2, -0.15) is 0 Å². The van der Waals surface area contributed by atoms with E-state index in [2.05, 4.69) is 5.32 Å². The van der Waals surface area contributed by atoms with Gasteiger partial charge in [0.2, 0.25) is 0 Å². The van der Waals surface area contributed by atoms with Crippen LogP contribution in [-0.4, -0.2) is 17.1 Å². The molecule has 0 bridgehead atoms. The van der Waals surface area contributed by atoms with Crippen LogP contribution in [-0.2, 0) is 0 Å². The molecule has 1 unspecified atom stereocenters. The van der Waals surface area contributed by atoms with Crippen molar-refractivity contribution in [2.75, 3.05) is 11.1 Å². The summed E-state index contributed by atoms with van der Waals surface area (Å²) in [6.45, 7) is 7.95. The van der Waals surface area contributed by atoms with E-state index in [0.717, 1.165) is 6.07 Å². The molecule has 5 heteroatoms. The largest absolute Gasteiger partial charge is 0.478 e. The number of halogens is 1. The number of nitrogens with one attached hydrogen (secondary N) is 1. The molecule has 100 valence electrons. The molecule has 0 aliphatic carbocycles. The quantitative estimate of drug-likeness (QED) is 0.725. The molecule has 0 aromatic heterocycles. The minimum Gasteiger partial charge on any atom is -0.478 e. The molecule has 0 spiro atoms. The molecular formula is C13H19FN2O2. The minimum absolute atomic E-state index is 0.0164. The topological polar surface area (TPSA) is 75.3 Å². The van der Waals surface area contributed by atoms with Gasteiger partial charge >= 0.3 is 5.97 Å². The lowest BCUT2D eigenvalue weighted by Gasteiger charge is -2.29. The summed E-state index contributed by atoms with van der Waals surface area (Å²) in [5.41, 5.74) is 5.37. The van der Waals surface area contributed by atoms with Crippen LogP contribution < -0.4 is 11.1 Å². The number of benzene rings is 1. The SMILES string of the molecule is CC(Nc1cc(C(=O)O)c(N)cc1F)C(C)(C)C. The highest BCUT2D eigenvalue weighted by Crippen LogP contribution is 2.27. The zero-order chi connectivity index (χ0) is 14.1. The molecule has 18 heavy (non-hydrogen) atoms. The van der Waals surface area contributed by atoms with Crippen molar-refractivity contribution in [3.05, 3.63) is 23.5 Å². The van der Waals surface area contributed by atoms with Crippen molar-refractivity contribution in [1.82, 2.24) is 0 Å². The maximum absolute atomic E-state index is 13.7. The fraction of sp³-hybridized carbons (Fsp3) is 0.462. The maximum Gasteiger partial charge on any atom is 0.337 e. The lowest BCUT2D eigenvalue weighted by atomic mass is 9.88. The average Bonchev–Trinajstić information content (AvgIpc) is 2.19. The van der Waals surface area contributed by atoms with Gasteiger partial charge in [0.05, 0.1) is 11.3 Å². The van der Waals surface area contributed by atoms with Crippen LogP contribution in [0.5, 0.6) is 0 Å². The van der Waals surface area contributed by atoms with Crippen LogP contribution in [0.1, 0.15) is 38.1 Å². The summed E-state index contributed by atoms with van der Waals surface area (Å²) < 4.78 is 13.7. The second kappa shape index (κ2) is 4.84. The van der Waals surface area contributed by atoms with E-state index in [1.165, 1.54) is 6.07 Å². The van der Waals surface area contributed by atoms with Crippen LogP contribution >= 0.6 is 0 Å². The molecule has 0 aliphatic heterocycles. The molecule has 4 N–H and O–H groups in total. The van der Waals surface area contributed by atoms with Crippen molar-refractivity contribution in [3.63, 3.8) is 0 Å². The molecule has 0 radical (unpaired) electrons. The highest BCUT2D eigenvalue weighted by Gasteiger charge is 2.22. The van der Waals surface area contributed by atoms with Crippen LogP contribution in [0.2, 0.25) is 0 Å². The highest BCUT2D eigenvalue weighted by atomic mass is 19.1. The number of rotatable bonds is 3. The fourth-order valence-corrected chi connectivity index (χ4v) is 1.33. The zero-order valence-electron chi connectivity index (χ0n) is 11.0. The Morgan fingerprint density at radius 3 is 2.44 bits per heavy atom. The van der Waals surface area contributed by atoms with Gasteiger partial charge in [0.1, 0.15) is 5.82 Å². The number of carboxylic acid groups (broad SMARTS) is 1. The summed E-state index contributed by atoms with van der Waals surface area (Å²) in [4.78, 5) is 10.9. The molecular weight excluding hydrogens is 235 g/mol. The standard InChI is InChI=1S/C13H19FN2O2/c1-7(13(2,3)4)16-11-5-8(12(17)18)10(15)6-9(11)14/h5-7,16H,15H2,1-4H3,(H,17,18). The van der Waals surface area contributed by atoms with Gasteiger partial charge < -0.3 is 16.2 Å². The van der Waals surface area contributed by atoms with E-state index in [4.69, 9.17) is 10.8 Å². The Labute approximate surface area is 106 Å². The van der Waals surface area contributed by atoms with E-state index in [1.54, 1.807) is 0 Å². The van der Waals surface area contributed by atoms with E-state index in [-0.39, 0.29) is 28.4 Å².